The Morgan fingerprint density at radius 3 is 2.88 bits per heavy atom. The molecule has 88 valence electrons. The van der Waals surface area contributed by atoms with E-state index in [2.05, 4.69) is 0 Å². The number of hydrogen-bond acceptors (Lipinski definition) is 4. The fourth-order valence-electron chi connectivity index (χ4n) is 1.34. The van der Waals surface area contributed by atoms with E-state index < -0.39 is 10.5 Å². The van der Waals surface area contributed by atoms with Crippen LogP contribution in [0.25, 0.3) is 6.08 Å². The number of hydrogen-bond donors (Lipinski definition) is 0. The van der Waals surface area contributed by atoms with E-state index in [1.807, 2.05) is 0 Å². The van der Waals surface area contributed by atoms with E-state index in [1.54, 1.807) is 25.1 Å². The van der Waals surface area contributed by atoms with Crippen molar-refractivity contribution in [1.82, 2.24) is 0 Å². The van der Waals surface area contributed by atoms with Gasteiger partial charge in [-0.2, -0.15) is 0 Å². The minimum atomic E-state index is -0.683. The Kier molecular flexibility index (Phi) is 2.77. The Balaban J connectivity index is 2.13. The summed E-state index contributed by atoms with van der Waals surface area (Å²) in [5, 5.41) is 10.6. The first-order valence-electron chi connectivity index (χ1n) is 5.12. The zero-order chi connectivity index (χ0) is 12.5. The zero-order valence-corrected chi connectivity index (χ0v) is 9.25. The molecule has 1 heterocycles. The van der Waals surface area contributed by atoms with E-state index in [-0.39, 0.29) is 11.5 Å². The zero-order valence-electron chi connectivity index (χ0n) is 9.25. The van der Waals surface area contributed by atoms with E-state index >= 15 is 0 Å². The number of nitro benzene ring substituents is 1. The third kappa shape index (κ3) is 2.57. The van der Waals surface area contributed by atoms with E-state index in [9.17, 15) is 14.9 Å². The Hall–Kier alpha value is -2.01. The number of rotatable bonds is 4. The number of ketones is 1. The Labute approximate surface area is 97.9 Å². The van der Waals surface area contributed by atoms with Crippen LogP contribution in [0.1, 0.15) is 12.5 Å². The highest BCUT2D eigenvalue weighted by atomic mass is 16.6. The Morgan fingerprint density at radius 1 is 1.59 bits per heavy atom. The Bertz CT molecular complexity index is 503. The largest absolute Gasteiger partial charge is 0.361 e. The van der Waals surface area contributed by atoms with Crippen LogP contribution in [0.4, 0.5) is 5.69 Å². The van der Waals surface area contributed by atoms with E-state index in [0.717, 1.165) is 0 Å². The van der Waals surface area contributed by atoms with Crippen LogP contribution < -0.4 is 0 Å². The molecule has 1 fully saturated rings. The fourth-order valence-corrected chi connectivity index (χ4v) is 1.34. The van der Waals surface area contributed by atoms with Gasteiger partial charge in [0.25, 0.3) is 5.69 Å². The van der Waals surface area contributed by atoms with Gasteiger partial charge in [-0.15, -0.1) is 0 Å². The maximum absolute atomic E-state index is 11.6. The molecule has 0 radical (unpaired) electrons. The predicted octanol–water partition coefficient (Wildman–Crippen LogP) is 1.97. The molecule has 5 nitrogen and oxygen atoms in total. The molecular formula is C12H11NO4. The van der Waals surface area contributed by atoms with Crippen molar-refractivity contribution in [2.24, 2.45) is 0 Å². The highest BCUT2D eigenvalue weighted by Crippen LogP contribution is 2.27. The van der Waals surface area contributed by atoms with Crippen LogP contribution in [0.2, 0.25) is 0 Å². The predicted molar refractivity (Wildman–Crippen MR) is 61.5 cm³/mol. The molecule has 1 aliphatic rings. The molecular weight excluding hydrogens is 222 g/mol. The number of non-ortho nitro benzene ring substituents is 1. The van der Waals surface area contributed by atoms with Crippen LogP contribution in [0.15, 0.2) is 30.3 Å². The summed E-state index contributed by atoms with van der Waals surface area (Å²) >= 11 is 0. The van der Waals surface area contributed by atoms with Gasteiger partial charge in [0.1, 0.15) is 0 Å². The maximum Gasteiger partial charge on any atom is 0.270 e. The quantitative estimate of drug-likeness (QED) is 0.345. The first kappa shape index (κ1) is 11.5. The SMILES string of the molecule is CC1(C(=O)C=Cc2cccc([N+](=O)[O-])c2)CO1. The first-order chi connectivity index (χ1) is 8.01. The van der Waals surface area contributed by atoms with Gasteiger partial charge in [0.05, 0.1) is 11.5 Å². The van der Waals surface area contributed by atoms with Crippen LogP contribution in [-0.2, 0) is 9.53 Å². The number of benzene rings is 1. The van der Waals surface area contributed by atoms with Crippen molar-refractivity contribution < 1.29 is 14.5 Å². The second-order valence-corrected chi connectivity index (χ2v) is 4.07. The highest BCUT2D eigenvalue weighted by molar-refractivity contribution is 6.01. The van der Waals surface area contributed by atoms with Crippen LogP contribution in [-0.4, -0.2) is 22.9 Å². The van der Waals surface area contributed by atoms with E-state index in [0.29, 0.717) is 12.2 Å². The molecule has 0 aromatic heterocycles. The summed E-state index contributed by atoms with van der Waals surface area (Å²) in [6.45, 7) is 2.15. The molecule has 0 spiro atoms. The molecule has 0 N–H and O–H groups in total. The molecule has 0 saturated carbocycles. The highest BCUT2D eigenvalue weighted by Gasteiger charge is 2.45. The lowest BCUT2D eigenvalue weighted by atomic mass is 10.1. The van der Waals surface area contributed by atoms with E-state index in [4.69, 9.17) is 4.74 Å². The van der Waals surface area contributed by atoms with E-state index in [1.165, 1.54) is 18.2 Å². The van der Waals surface area contributed by atoms with Crippen molar-refractivity contribution in [1.29, 1.82) is 0 Å². The van der Waals surface area contributed by atoms with Gasteiger partial charge < -0.3 is 4.74 Å². The average Bonchev–Trinajstić information content (AvgIpc) is 3.06. The smallest absolute Gasteiger partial charge is 0.270 e. The average molecular weight is 233 g/mol. The summed E-state index contributed by atoms with van der Waals surface area (Å²) in [4.78, 5) is 21.7. The molecule has 0 aliphatic carbocycles. The fraction of sp³-hybridized carbons (Fsp3) is 0.250. The number of epoxide rings is 1. The molecule has 1 saturated heterocycles. The molecule has 1 aliphatic heterocycles. The molecule has 2 rings (SSSR count). The van der Waals surface area contributed by atoms with Gasteiger partial charge in [0, 0.05) is 12.1 Å². The minimum absolute atomic E-state index is 0.00785. The summed E-state index contributed by atoms with van der Waals surface area (Å²) in [6, 6.07) is 6.11. The molecule has 5 heteroatoms. The van der Waals surface area contributed by atoms with Crippen molar-refractivity contribution in [2.75, 3.05) is 6.61 Å². The second-order valence-electron chi connectivity index (χ2n) is 4.07. The summed E-state index contributed by atoms with van der Waals surface area (Å²) in [5.74, 6) is -0.121. The van der Waals surface area contributed by atoms with Crippen molar-refractivity contribution in [2.45, 2.75) is 12.5 Å². The van der Waals surface area contributed by atoms with Crippen LogP contribution in [0, 0.1) is 10.1 Å². The summed E-state index contributed by atoms with van der Waals surface area (Å²) < 4.78 is 5.00. The second kappa shape index (κ2) is 4.10. The third-order valence-corrected chi connectivity index (χ3v) is 2.61. The van der Waals surface area contributed by atoms with Gasteiger partial charge in [-0.1, -0.05) is 18.2 Å². The molecule has 0 bridgehead atoms. The van der Waals surface area contributed by atoms with Gasteiger partial charge in [-0.3, -0.25) is 14.9 Å². The third-order valence-electron chi connectivity index (χ3n) is 2.61. The van der Waals surface area contributed by atoms with Crippen molar-refractivity contribution >= 4 is 17.5 Å². The lowest BCUT2D eigenvalue weighted by Crippen LogP contribution is -2.17. The molecule has 17 heavy (non-hydrogen) atoms. The molecule has 1 aromatic rings. The summed E-state index contributed by atoms with van der Waals surface area (Å²) in [7, 11) is 0. The number of carbonyl (C=O) groups excluding carboxylic acids is 1. The van der Waals surface area contributed by atoms with Crippen molar-refractivity contribution in [3.63, 3.8) is 0 Å². The first-order valence-corrected chi connectivity index (χ1v) is 5.12. The van der Waals surface area contributed by atoms with Crippen molar-refractivity contribution in [3.8, 4) is 0 Å². The summed E-state index contributed by atoms with van der Waals surface area (Å²) in [6.07, 6.45) is 2.95. The maximum atomic E-state index is 11.6. The lowest BCUT2D eigenvalue weighted by molar-refractivity contribution is -0.384. The lowest BCUT2D eigenvalue weighted by Gasteiger charge is -1.97. The van der Waals surface area contributed by atoms with Gasteiger partial charge in [0.2, 0.25) is 0 Å². The molecule has 1 aromatic carbocycles. The molecule has 1 unspecified atom stereocenters. The van der Waals surface area contributed by atoms with Crippen LogP contribution >= 0.6 is 0 Å². The number of carbonyl (C=O) groups is 1. The van der Waals surface area contributed by atoms with Gasteiger partial charge >= 0.3 is 0 Å². The Morgan fingerprint density at radius 2 is 2.29 bits per heavy atom. The van der Waals surface area contributed by atoms with Gasteiger partial charge in [-0.05, 0) is 18.6 Å². The van der Waals surface area contributed by atoms with Crippen LogP contribution in [0.3, 0.4) is 0 Å². The van der Waals surface area contributed by atoms with Gasteiger partial charge in [0.15, 0.2) is 11.4 Å². The number of nitro groups is 1. The molecule has 1 atom stereocenters. The molecule has 0 amide bonds. The van der Waals surface area contributed by atoms with Gasteiger partial charge in [-0.25, -0.2) is 0 Å². The van der Waals surface area contributed by atoms with Crippen molar-refractivity contribution in [3.05, 3.63) is 46.0 Å². The topological polar surface area (TPSA) is 72.7 Å². The summed E-state index contributed by atoms with van der Waals surface area (Å²) in [5.41, 5.74) is -0.0534. The number of nitrogens with zero attached hydrogens (tertiary/aromatic N) is 1. The van der Waals surface area contributed by atoms with Crippen LogP contribution in [0.5, 0.6) is 0 Å². The number of ether oxygens (including phenoxy) is 1. The monoisotopic (exact) mass is 233 g/mol. The normalized spacial score (nSPS) is 22.6. The minimum Gasteiger partial charge on any atom is -0.361 e. The standard InChI is InChI=1S/C12H11NO4/c1-12(8-17-12)11(14)6-5-9-3-2-4-10(7-9)13(15)16/h2-7H,8H2,1H3.